The first-order chi connectivity index (χ1) is 10.4. The van der Waals surface area contributed by atoms with Crippen LogP contribution in [0.15, 0.2) is 29.4 Å². The van der Waals surface area contributed by atoms with E-state index in [0.717, 1.165) is 11.5 Å². The maximum atomic E-state index is 13.2. The second kappa shape index (κ2) is 6.90. The molecule has 0 fully saturated rings. The smallest absolute Gasteiger partial charge is 0.197 e. The van der Waals surface area contributed by atoms with Crippen molar-refractivity contribution in [3.63, 3.8) is 0 Å². The highest BCUT2D eigenvalue weighted by Crippen LogP contribution is 2.28. The van der Waals surface area contributed by atoms with Crippen LogP contribution in [0.2, 0.25) is 0 Å². The van der Waals surface area contributed by atoms with Gasteiger partial charge in [0.05, 0.1) is 17.4 Å². The van der Waals surface area contributed by atoms with E-state index in [1.54, 1.807) is 12.1 Å². The Balaban J connectivity index is 2.52. The van der Waals surface area contributed by atoms with Crippen LogP contribution >= 0.6 is 11.8 Å². The molecule has 5 nitrogen and oxygen atoms in total. The summed E-state index contributed by atoms with van der Waals surface area (Å²) in [6.07, 6.45) is 0. The van der Waals surface area contributed by atoms with Gasteiger partial charge in [0.1, 0.15) is 5.82 Å². The summed E-state index contributed by atoms with van der Waals surface area (Å²) in [4.78, 5) is 2.02. The molecule has 0 bridgehead atoms. The molecule has 1 aromatic carbocycles. The van der Waals surface area contributed by atoms with Crippen molar-refractivity contribution in [3.05, 3.63) is 35.9 Å². The van der Waals surface area contributed by atoms with Gasteiger partial charge in [0, 0.05) is 5.69 Å². The summed E-state index contributed by atoms with van der Waals surface area (Å²) in [5.41, 5.74) is 0.780. The molecule has 116 valence electrons. The number of hydrogen-bond donors (Lipinski definition) is 0. The Morgan fingerprint density at radius 1 is 1.23 bits per heavy atom. The molecule has 0 unspecified atom stereocenters. The number of nitrogens with zero attached hydrogens (tertiary/aromatic N) is 5. The Labute approximate surface area is 133 Å². The molecule has 0 amide bonds. The molecule has 0 radical (unpaired) electrons. The molecule has 0 aliphatic rings. The zero-order valence-electron chi connectivity index (χ0n) is 13.0. The quantitative estimate of drug-likeness (QED) is 0.793. The van der Waals surface area contributed by atoms with Crippen molar-refractivity contribution in [1.82, 2.24) is 19.7 Å². The van der Waals surface area contributed by atoms with Crippen LogP contribution in [0.4, 0.5) is 4.39 Å². The average molecular weight is 319 g/mol. The summed E-state index contributed by atoms with van der Waals surface area (Å²) < 4.78 is 15.1. The van der Waals surface area contributed by atoms with E-state index < -0.39 is 0 Å². The van der Waals surface area contributed by atoms with Crippen molar-refractivity contribution in [2.75, 3.05) is 14.1 Å². The summed E-state index contributed by atoms with van der Waals surface area (Å²) in [6.45, 7) is 3.83. The van der Waals surface area contributed by atoms with Gasteiger partial charge in [-0.05, 0) is 52.2 Å². The van der Waals surface area contributed by atoms with E-state index in [9.17, 15) is 4.39 Å². The molecule has 22 heavy (non-hydrogen) atoms. The molecule has 2 rings (SSSR count). The normalized spacial score (nSPS) is 13.9. The van der Waals surface area contributed by atoms with Gasteiger partial charge in [-0.3, -0.25) is 9.47 Å². The van der Waals surface area contributed by atoms with Crippen LogP contribution in [0.5, 0.6) is 0 Å². The minimum atomic E-state index is -0.293. The van der Waals surface area contributed by atoms with Crippen molar-refractivity contribution in [1.29, 1.82) is 5.26 Å². The molecule has 2 atom stereocenters. The van der Waals surface area contributed by atoms with Gasteiger partial charge >= 0.3 is 0 Å². The van der Waals surface area contributed by atoms with Crippen LogP contribution in [0.25, 0.3) is 5.69 Å². The Morgan fingerprint density at radius 3 is 2.41 bits per heavy atom. The lowest BCUT2D eigenvalue weighted by Crippen LogP contribution is -2.20. The largest absolute Gasteiger partial charge is 0.300 e. The minimum absolute atomic E-state index is 0.0318. The highest BCUT2D eigenvalue weighted by molar-refractivity contribution is 8.00. The highest BCUT2D eigenvalue weighted by atomic mass is 32.2. The van der Waals surface area contributed by atoms with Crippen LogP contribution in [0.3, 0.4) is 0 Å². The van der Waals surface area contributed by atoms with Crippen LogP contribution in [0, 0.1) is 17.1 Å². The third-order valence-electron chi connectivity index (χ3n) is 3.36. The van der Waals surface area contributed by atoms with Gasteiger partial charge in [0.25, 0.3) is 0 Å². The predicted octanol–water partition coefficient (Wildman–Crippen LogP) is 3.03. The molecule has 0 spiro atoms. The second-order valence-corrected chi connectivity index (χ2v) is 6.49. The molecule has 2 aromatic rings. The molecular formula is C15H18FN5S. The maximum Gasteiger partial charge on any atom is 0.197 e. The summed E-state index contributed by atoms with van der Waals surface area (Å²) in [6, 6.07) is 8.39. The number of nitriles is 1. The lowest BCUT2D eigenvalue weighted by Gasteiger charge is -2.20. The van der Waals surface area contributed by atoms with E-state index in [1.165, 1.54) is 23.9 Å². The topological polar surface area (TPSA) is 57.7 Å². The van der Waals surface area contributed by atoms with Crippen LogP contribution in [-0.4, -0.2) is 39.0 Å². The molecular weight excluding hydrogens is 301 g/mol. The highest BCUT2D eigenvalue weighted by Gasteiger charge is 2.22. The molecule has 0 saturated carbocycles. The van der Waals surface area contributed by atoms with Gasteiger partial charge in [-0.2, -0.15) is 5.26 Å². The molecule has 1 heterocycles. The molecule has 0 saturated heterocycles. The van der Waals surface area contributed by atoms with E-state index in [2.05, 4.69) is 16.3 Å². The summed E-state index contributed by atoms with van der Waals surface area (Å²) >= 11 is 1.34. The first-order valence-corrected chi connectivity index (χ1v) is 7.76. The Hall–Kier alpha value is -1.91. The zero-order valence-corrected chi connectivity index (χ0v) is 13.8. The fourth-order valence-corrected chi connectivity index (χ4v) is 2.64. The minimum Gasteiger partial charge on any atom is -0.300 e. The van der Waals surface area contributed by atoms with Crippen LogP contribution < -0.4 is 0 Å². The van der Waals surface area contributed by atoms with E-state index in [1.807, 2.05) is 37.4 Å². The second-order valence-electron chi connectivity index (χ2n) is 5.18. The lowest BCUT2D eigenvalue weighted by molar-refractivity contribution is 0.305. The van der Waals surface area contributed by atoms with Crippen molar-refractivity contribution in [3.8, 4) is 11.8 Å². The lowest BCUT2D eigenvalue weighted by atomic mass is 10.2. The zero-order chi connectivity index (χ0) is 16.3. The van der Waals surface area contributed by atoms with E-state index >= 15 is 0 Å². The first-order valence-electron chi connectivity index (χ1n) is 6.88. The average Bonchev–Trinajstić information content (AvgIpc) is 2.90. The van der Waals surface area contributed by atoms with Crippen molar-refractivity contribution < 1.29 is 4.39 Å². The van der Waals surface area contributed by atoms with Gasteiger partial charge in [-0.1, -0.05) is 11.8 Å². The monoisotopic (exact) mass is 319 g/mol. The third kappa shape index (κ3) is 3.46. The van der Waals surface area contributed by atoms with Gasteiger partial charge in [0.15, 0.2) is 11.0 Å². The van der Waals surface area contributed by atoms with Gasteiger partial charge < -0.3 is 0 Å². The molecule has 7 heteroatoms. The molecule has 0 N–H and O–H groups in total. The Morgan fingerprint density at radius 2 is 1.86 bits per heavy atom. The van der Waals surface area contributed by atoms with Gasteiger partial charge in [-0.25, -0.2) is 4.39 Å². The fraction of sp³-hybridized carbons (Fsp3) is 0.400. The molecule has 0 aliphatic heterocycles. The number of aromatic nitrogens is 3. The van der Waals surface area contributed by atoms with Crippen molar-refractivity contribution in [2.45, 2.75) is 30.3 Å². The fourth-order valence-electron chi connectivity index (χ4n) is 1.88. The molecule has 0 aliphatic carbocycles. The van der Waals surface area contributed by atoms with E-state index in [0.29, 0.717) is 5.16 Å². The summed E-state index contributed by atoms with van der Waals surface area (Å²) in [5, 5.41) is 17.9. The Kier molecular flexibility index (Phi) is 5.16. The van der Waals surface area contributed by atoms with Gasteiger partial charge in [-0.15, -0.1) is 10.2 Å². The SMILES string of the molecule is C[C@H](c1nnc(S[C@@H](C)C#N)n1-c1ccc(F)cc1)N(C)C. The third-order valence-corrected chi connectivity index (χ3v) is 4.29. The van der Waals surface area contributed by atoms with Crippen molar-refractivity contribution >= 4 is 11.8 Å². The number of thioether (sulfide) groups is 1. The summed E-state index contributed by atoms with van der Waals surface area (Å²) in [5.74, 6) is 0.461. The van der Waals surface area contributed by atoms with Crippen LogP contribution in [-0.2, 0) is 0 Å². The van der Waals surface area contributed by atoms with Crippen molar-refractivity contribution in [2.24, 2.45) is 0 Å². The summed E-state index contributed by atoms with van der Waals surface area (Å²) in [7, 11) is 3.91. The number of rotatable bonds is 5. The first kappa shape index (κ1) is 16.5. The number of halogens is 1. The predicted molar refractivity (Wildman–Crippen MR) is 84.4 cm³/mol. The number of hydrogen-bond acceptors (Lipinski definition) is 5. The standard InChI is InChI=1S/C15H18FN5S/c1-10(9-17)22-15-19-18-14(11(2)20(3)4)21(15)13-7-5-12(16)6-8-13/h5-8,10-11H,1-4H3/t10-,11+/m0/s1. The molecule has 1 aromatic heterocycles. The van der Waals surface area contributed by atoms with Gasteiger partial charge in [0.2, 0.25) is 0 Å². The van der Waals surface area contributed by atoms with Crippen LogP contribution in [0.1, 0.15) is 25.7 Å². The maximum absolute atomic E-state index is 13.2. The number of benzene rings is 1. The van der Waals surface area contributed by atoms with E-state index in [4.69, 9.17) is 5.26 Å². The Bertz CT molecular complexity index is 674. The van der Waals surface area contributed by atoms with E-state index in [-0.39, 0.29) is 17.1 Å².